The van der Waals surface area contributed by atoms with Gasteiger partial charge in [0, 0.05) is 29.4 Å². The normalized spacial score (nSPS) is 12.2. The largest absolute Gasteiger partial charge is 0.497 e. The molecule has 0 unspecified atom stereocenters. The summed E-state index contributed by atoms with van der Waals surface area (Å²) in [4.78, 5) is 17.4. The summed E-state index contributed by atoms with van der Waals surface area (Å²) in [7, 11) is 1.43. The molecular weight excluding hydrogens is 603 g/mol. The first-order valence-electron chi connectivity index (χ1n) is 11.9. The molecule has 0 aliphatic carbocycles. The molecule has 0 aliphatic heterocycles. The number of methoxy groups -OCH3 is 1. The Kier molecular flexibility index (Phi) is 8.91. The molecule has 2 aromatic carbocycles. The van der Waals surface area contributed by atoms with Crippen molar-refractivity contribution in [3.8, 4) is 28.5 Å². The van der Waals surface area contributed by atoms with Crippen molar-refractivity contribution in [2.75, 3.05) is 25.6 Å². The van der Waals surface area contributed by atoms with Gasteiger partial charge in [-0.3, -0.25) is 4.79 Å². The zero-order valence-corrected chi connectivity index (χ0v) is 21.6. The summed E-state index contributed by atoms with van der Waals surface area (Å²) < 4.78 is 133. The number of ether oxygens (including phenoxy) is 3. The van der Waals surface area contributed by atoms with Crippen molar-refractivity contribution in [2.45, 2.75) is 24.9 Å². The number of anilines is 1. The maximum absolute atomic E-state index is 13.9. The Morgan fingerprint density at radius 1 is 0.907 bits per heavy atom. The number of benzene rings is 2. The zero-order valence-electron chi connectivity index (χ0n) is 21.6. The van der Waals surface area contributed by atoms with Gasteiger partial charge in [0.2, 0.25) is 0 Å². The molecule has 4 rings (SSSR count). The predicted octanol–water partition coefficient (Wildman–Crippen LogP) is 6.82. The highest BCUT2D eigenvalue weighted by molar-refractivity contribution is 6.08. The van der Waals surface area contributed by atoms with E-state index in [1.165, 1.54) is 19.2 Å². The summed E-state index contributed by atoms with van der Waals surface area (Å²) in [6.45, 7) is -3.66. The van der Waals surface area contributed by atoms with E-state index in [1.807, 2.05) is 0 Å². The van der Waals surface area contributed by atoms with Crippen molar-refractivity contribution in [1.29, 1.82) is 0 Å². The van der Waals surface area contributed by atoms with Gasteiger partial charge in [0.1, 0.15) is 28.5 Å². The van der Waals surface area contributed by atoms with Crippen LogP contribution in [0.5, 0.6) is 17.2 Å². The number of nitrogens with one attached hydrogen (secondary N) is 1. The topological polar surface area (TPSA) is 87.0 Å². The molecular formula is C26H19F9N4O4. The lowest BCUT2D eigenvalue weighted by Gasteiger charge is -2.17. The van der Waals surface area contributed by atoms with E-state index in [9.17, 15) is 44.3 Å². The molecule has 43 heavy (non-hydrogen) atoms. The zero-order chi connectivity index (χ0) is 31.5. The van der Waals surface area contributed by atoms with Gasteiger partial charge in [-0.2, -0.15) is 27.1 Å². The highest BCUT2D eigenvalue weighted by Crippen LogP contribution is 2.32. The number of aromatic nitrogens is 3. The van der Waals surface area contributed by atoms with Gasteiger partial charge >= 0.3 is 18.5 Å². The fourth-order valence-corrected chi connectivity index (χ4v) is 3.63. The average Bonchev–Trinajstić information content (AvgIpc) is 3.38. The van der Waals surface area contributed by atoms with Crippen LogP contribution >= 0.6 is 0 Å². The Balaban J connectivity index is 1.69. The minimum atomic E-state index is -4.81. The molecule has 2 aromatic heterocycles. The van der Waals surface area contributed by atoms with Crippen LogP contribution in [0.15, 0.2) is 54.7 Å². The Morgan fingerprint density at radius 2 is 1.53 bits per heavy atom. The molecule has 0 bridgehead atoms. The summed E-state index contributed by atoms with van der Waals surface area (Å²) in [5, 5.41) is 6.04. The lowest BCUT2D eigenvalue weighted by Crippen LogP contribution is -2.33. The minimum Gasteiger partial charge on any atom is -0.497 e. The van der Waals surface area contributed by atoms with Gasteiger partial charge in [-0.05, 0) is 30.3 Å². The first-order valence-corrected chi connectivity index (χ1v) is 11.9. The fourth-order valence-electron chi connectivity index (χ4n) is 3.63. The van der Waals surface area contributed by atoms with Crippen LogP contribution in [0, 0.1) is 0 Å². The highest BCUT2D eigenvalue weighted by atomic mass is 19.4. The molecule has 0 spiro atoms. The molecule has 0 fully saturated rings. The van der Waals surface area contributed by atoms with Crippen molar-refractivity contribution >= 4 is 17.2 Å². The van der Waals surface area contributed by atoms with E-state index >= 15 is 0 Å². The highest BCUT2D eigenvalue weighted by Gasteiger charge is 2.41. The van der Waals surface area contributed by atoms with Crippen molar-refractivity contribution in [3.63, 3.8) is 0 Å². The van der Waals surface area contributed by atoms with E-state index < -0.39 is 61.3 Å². The predicted molar refractivity (Wildman–Crippen MR) is 132 cm³/mol. The summed E-state index contributed by atoms with van der Waals surface area (Å²) in [5.41, 5.74) is -1.25. The van der Waals surface area contributed by atoms with Crippen molar-refractivity contribution < 1.29 is 58.5 Å². The Hall–Kier alpha value is -4.70. The minimum absolute atomic E-state index is 0.0400. The molecule has 0 aliphatic rings. The van der Waals surface area contributed by atoms with Crippen LogP contribution in [-0.2, 0) is 0 Å². The van der Waals surface area contributed by atoms with Gasteiger partial charge in [-0.1, -0.05) is 0 Å². The van der Waals surface area contributed by atoms with E-state index in [0.29, 0.717) is 11.3 Å². The third-order valence-electron chi connectivity index (χ3n) is 5.64. The molecule has 1 N–H and O–H groups in total. The third kappa shape index (κ3) is 7.58. The Bertz CT molecular complexity index is 1590. The maximum atomic E-state index is 13.9. The number of rotatable bonds is 11. The number of amides is 1. The van der Waals surface area contributed by atoms with Gasteiger partial charge in [0.05, 0.1) is 19.0 Å². The van der Waals surface area contributed by atoms with Crippen molar-refractivity contribution in [3.05, 3.63) is 66.0 Å². The number of halogens is 9. The number of nitrogens with zero attached hydrogens (tertiary/aromatic N) is 3. The number of carbonyl (C=O) groups excluding carboxylic acids is 1. The molecule has 4 aromatic rings. The van der Waals surface area contributed by atoms with Crippen LogP contribution in [0.3, 0.4) is 0 Å². The van der Waals surface area contributed by atoms with Gasteiger partial charge in [-0.25, -0.2) is 27.1 Å². The molecule has 17 heteroatoms. The Labute approximate surface area is 236 Å². The van der Waals surface area contributed by atoms with Gasteiger partial charge < -0.3 is 19.5 Å². The number of hydrogen-bond acceptors (Lipinski definition) is 6. The van der Waals surface area contributed by atoms with Crippen molar-refractivity contribution in [1.82, 2.24) is 14.6 Å². The third-order valence-corrected chi connectivity index (χ3v) is 5.64. The Morgan fingerprint density at radius 3 is 2.09 bits per heavy atom. The van der Waals surface area contributed by atoms with Crippen LogP contribution < -0.4 is 19.5 Å². The maximum Gasteiger partial charge on any atom is 0.422 e. The number of fused-ring (bicyclic) bond motifs is 1. The SMILES string of the molecule is COc1ccc(-c2cc(C(F)F)n3ncc(C(=O)Nc4cc(OCC(F)(F)F)cc(OCC(F)(F)C(F)F)c4)c3n2)cc1. The first-order chi connectivity index (χ1) is 20.2. The molecule has 0 saturated carbocycles. The molecule has 0 radical (unpaired) electrons. The van der Waals surface area contributed by atoms with Gasteiger partial charge in [0.25, 0.3) is 12.3 Å². The first kappa shape index (κ1) is 31.2. The summed E-state index contributed by atoms with van der Waals surface area (Å²) in [6.07, 6.45) is -11.0. The summed E-state index contributed by atoms with van der Waals surface area (Å²) >= 11 is 0. The van der Waals surface area contributed by atoms with Crippen LogP contribution in [0.1, 0.15) is 22.5 Å². The van der Waals surface area contributed by atoms with Crippen LogP contribution in [-0.4, -0.2) is 59.4 Å². The lowest BCUT2D eigenvalue weighted by atomic mass is 10.1. The van der Waals surface area contributed by atoms with Crippen LogP contribution in [0.4, 0.5) is 45.2 Å². The van der Waals surface area contributed by atoms with Gasteiger partial charge in [-0.15, -0.1) is 0 Å². The van der Waals surface area contributed by atoms with E-state index in [-0.39, 0.29) is 22.6 Å². The van der Waals surface area contributed by atoms with E-state index in [1.54, 1.807) is 12.1 Å². The second-order valence-electron chi connectivity index (χ2n) is 8.79. The number of hydrogen-bond donors (Lipinski definition) is 1. The summed E-state index contributed by atoms with van der Waals surface area (Å²) in [6, 6.07) is 9.68. The molecule has 0 saturated heterocycles. The van der Waals surface area contributed by atoms with Crippen molar-refractivity contribution in [2.24, 2.45) is 0 Å². The quantitative estimate of drug-likeness (QED) is 0.185. The number of carbonyl (C=O) groups is 1. The standard InChI is InChI=1S/C26H19F9N4O4/c1-41-15-4-2-13(3-5-15)19-9-20(21(27)28)39-22(38-19)18(10-36-39)23(40)37-14-6-16(42-11-25(31,32)24(29)30)8-17(7-14)43-12-26(33,34)35/h2-10,21,24H,11-12H2,1H3,(H,37,40). The van der Waals surface area contributed by atoms with Crippen LogP contribution in [0.2, 0.25) is 0 Å². The lowest BCUT2D eigenvalue weighted by molar-refractivity contribution is -0.153. The van der Waals surface area contributed by atoms with Crippen LogP contribution in [0.25, 0.3) is 16.9 Å². The van der Waals surface area contributed by atoms with Gasteiger partial charge in [0.15, 0.2) is 18.9 Å². The number of alkyl halides is 9. The average molecular weight is 622 g/mol. The van der Waals surface area contributed by atoms with E-state index in [4.69, 9.17) is 4.74 Å². The monoisotopic (exact) mass is 622 g/mol. The molecule has 2 heterocycles. The fraction of sp³-hybridized carbons (Fsp3) is 0.269. The summed E-state index contributed by atoms with van der Waals surface area (Å²) in [5.74, 6) is -6.43. The smallest absolute Gasteiger partial charge is 0.422 e. The second kappa shape index (κ2) is 12.3. The van der Waals surface area contributed by atoms with E-state index in [2.05, 4.69) is 24.9 Å². The van der Waals surface area contributed by atoms with E-state index in [0.717, 1.165) is 35.0 Å². The molecule has 230 valence electrons. The molecule has 0 atom stereocenters. The molecule has 1 amide bonds. The molecule has 8 nitrogen and oxygen atoms in total. The second-order valence-corrected chi connectivity index (χ2v) is 8.79.